The topological polar surface area (TPSA) is 58.6 Å². The molecular weight excluding hydrogens is 340 g/mol. The van der Waals surface area contributed by atoms with Crippen LogP contribution in [0.4, 0.5) is 5.69 Å². The highest BCUT2D eigenvalue weighted by Gasteiger charge is 2.13. The van der Waals surface area contributed by atoms with Gasteiger partial charge in [0.25, 0.3) is 0 Å². The highest BCUT2D eigenvalue weighted by Crippen LogP contribution is 2.21. The van der Waals surface area contributed by atoms with E-state index in [4.69, 9.17) is 4.74 Å². The smallest absolute Gasteiger partial charge is 0.246 e. The van der Waals surface area contributed by atoms with Gasteiger partial charge in [-0.2, -0.15) is 0 Å². The van der Waals surface area contributed by atoms with Gasteiger partial charge in [0.05, 0.1) is 13.7 Å². The van der Waals surface area contributed by atoms with Gasteiger partial charge in [-0.15, -0.1) is 0 Å². The molecule has 0 unspecified atom stereocenters. The summed E-state index contributed by atoms with van der Waals surface area (Å²) in [5, 5.41) is 2.91. The van der Waals surface area contributed by atoms with Gasteiger partial charge in [-0.1, -0.05) is 29.8 Å². The van der Waals surface area contributed by atoms with Gasteiger partial charge in [0, 0.05) is 18.8 Å². The molecule has 0 radical (unpaired) electrons. The Hall–Kier alpha value is -3.08. The summed E-state index contributed by atoms with van der Waals surface area (Å²) in [5.41, 5.74) is 4.86. The van der Waals surface area contributed by atoms with Gasteiger partial charge < -0.3 is 15.0 Å². The van der Waals surface area contributed by atoms with Crippen LogP contribution in [0, 0.1) is 20.8 Å². The van der Waals surface area contributed by atoms with Gasteiger partial charge >= 0.3 is 0 Å². The number of hydrogen-bond donors (Lipinski definition) is 1. The highest BCUT2D eigenvalue weighted by atomic mass is 16.5. The van der Waals surface area contributed by atoms with Crippen LogP contribution in [0.15, 0.2) is 42.5 Å². The summed E-state index contributed by atoms with van der Waals surface area (Å²) in [4.78, 5) is 25.9. The summed E-state index contributed by atoms with van der Waals surface area (Å²) >= 11 is 0. The van der Waals surface area contributed by atoms with Crippen LogP contribution in [0.25, 0.3) is 6.08 Å². The highest BCUT2D eigenvalue weighted by molar-refractivity contribution is 5.98. The Morgan fingerprint density at radius 3 is 2.22 bits per heavy atom. The number of aryl methyl sites for hydroxylation is 3. The summed E-state index contributed by atoms with van der Waals surface area (Å²) in [6.45, 7) is 5.93. The predicted molar refractivity (Wildman–Crippen MR) is 109 cm³/mol. The first-order chi connectivity index (χ1) is 12.8. The zero-order chi connectivity index (χ0) is 20.0. The monoisotopic (exact) mass is 366 g/mol. The van der Waals surface area contributed by atoms with Gasteiger partial charge in [0.2, 0.25) is 11.8 Å². The molecule has 0 aliphatic rings. The standard InChI is InChI=1S/C22H26N2O3/c1-15-12-16(2)22(17(3)13-15)23-20(25)14-24(4)21(26)11-8-18-6-9-19(27-5)10-7-18/h6-13H,14H2,1-5H3,(H,23,25)/b11-8+. The van der Waals surface area contributed by atoms with E-state index in [0.29, 0.717) is 0 Å². The first-order valence-electron chi connectivity index (χ1n) is 8.75. The van der Waals surface area contributed by atoms with Crippen molar-refractivity contribution in [2.24, 2.45) is 0 Å². The van der Waals surface area contributed by atoms with Crippen LogP contribution in [-0.2, 0) is 9.59 Å². The van der Waals surface area contributed by atoms with Crippen molar-refractivity contribution < 1.29 is 14.3 Å². The molecule has 0 bridgehead atoms. The number of hydrogen-bond acceptors (Lipinski definition) is 3. The molecule has 27 heavy (non-hydrogen) atoms. The summed E-state index contributed by atoms with van der Waals surface area (Å²) in [6.07, 6.45) is 3.17. The number of anilines is 1. The van der Waals surface area contributed by atoms with Crippen molar-refractivity contribution >= 4 is 23.6 Å². The average molecular weight is 366 g/mol. The number of carbonyl (C=O) groups is 2. The van der Waals surface area contributed by atoms with Crippen LogP contribution in [0.5, 0.6) is 5.75 Å². The average Bonchev–Trinajstić information content (AvgIpc) is 2.63. The molecule has 0 saturated heterocycles. The minimum atomic E-state index is -0.238. The summed E-state index contributed by atoms with van der Waals surface area (Å²) in [7, 11) is 3.21. The van der Waals surface area contributed by atoms with Crippen LogP contribution in [0.1, 0.15) is 22.3 Å². The van der Waals surface area contributed by atoms with Crippen molar-refractivity contribution in [2.45, 2.75) is 20.8 Å². The van der Waals surface area contributed by atoms with Crippen molar-refractivity contribution in [3.8, 4) is 5.75 Å². The second-order valence-electron chi connectivity index (χ2n) is 6.62. The quantitative estimate of drug-likeness (QED) is 0.793. The van der Waals surface area contributed by atoms with Crippen molar-refractivity contribution in [2.75, 3.05) is 26.0 Å². The second kappa shape index (κ2) is 9.03. The van der Waals surface area contributed by atoms with Crippen LogP contribution < -0.4 is 10.1 Å². The number of benzene rings is 2. The largest absolute Gasteiger partial charge is 0.497 e. The molecule has 0 saturated carbocycles. The number of rotatable bonds is 6. The van der Waals surface area contributed by atoms with E-state index >= 15 is 0 Å². The Balaban J connectivity index is 1.95. The Kier molecular flexibility index (Phi) is 6.77. The third-order valence-electron chi connectivity index (χ3n) is 4.23. The third-order valence-corrected chi connectivity index (χ3v) is 4.23. The maximum absolute atomic E-state index is 12.3. The molecule has 2 aromatic rings. The summed E-state index contributed by atoms with van der Waals surface area (Å²) in [5.74, 6) is 0.297. The van der Waals surface area contributed by atoms with E-state index in [9.17, 15) is 9.59 Å². The maximum Gasteiger partial charge on any atom is 0.246 e. The first-order valence-corrected chi connectivity index (χ1v) is 8.75. The van der Waals surface area contributed by atoms with E-state index in [1.807, 2.05) is 57.2 Å². The molecular formula is C22H26N2O3. The third kappa shape index (κ3) is 5.71. The first kappa shape index (κ1) is 20.2. The van der Waals surface area contributed by atoms with E-state index in [2.05, 4.69) is 5.32 Å². The van der Waals surface area contributed by atoms with Crippen molar-refractivity contribution in [1.82, 2.24) is 4.90 Å². The fraction of sp³-hybridized carbons (Fsp3) is 0.273. The normalized spacial score (nSPS) is 10.7. The number of nitrogens with one attached hydrogen (secondary N) is 1. The molecule has 0 atom stereocenters. The molecule has 5 heteroatoms. The molecule has 0 heterocycles. The lowest BCUT2D eigenvalue weighted by Gasteiger charge is -2.17. The zero-order valence-corrected chi connectivity index (χ0v) is 16.5. The van der Waals surface area contributed by atoms with Crippen molar-refractivity contribution in [1.29, 1.82) is 0 Å². The number of carbonyl (C=O) groups excluding carboxylic acids is 2. The molecule has 0 aliphatic carbocycles. The SMILES string of the molecule is COc1ccc(/C=C/C(=O)N(C)CC(=O)Nc2c(C)cc(C)cc2C)cc1. The fourth-order valence-corrected chi connectivity index (χ4v) is 2.86. The van der Waals surface area contributed by atoms with E-state index in [1.165, 1.54) is 11.0 Å². The van der Waals surface area contributed by atoms with Crippen LogP contribution >= 0.6 is 0 Å². The lowest BCUT2D eigenvalue weighted by Crippen LogP contribution is -2.34. The molecule has 0 aliphatic heterocycles. The van der Waals surface area contributed by atoms with Crippen LogP contribution in [0.2, 0.25) is 0 Å². The second-order valence-corrected chi connectivity index (χ2v) is 6.62. The minimum Gasteiger partial charge on any atom is -0.497 e. The summed E-state index contributed by atoms with van der Waals surface area (Å²) in [6, 6.07) is 11.4. The number of nitrogens with zero attached hydrogens (tertiary/aromatic N) is 1. The van der Waals surface area contributed by atoms with E-state index in [0.717, 1.165) is 33.7 Å². The van der Waals surface area contributed by atoms with E-state index in [-0.39, 0.29) is 18.4 Å². The molecule has 1 N–H and O–H groups in total. The molecule has 0 spiro atoms. The van der Waals surface area contributed by atoms with Crippen LogP contribution in [-0.4, -0.2) is 37.4 Å². The van der Waals surface area contributed by atoms with Crippen molar-refractivity contribution in [3.05, 3.63) is 64.7 Å². The van der Waals surface area contributed by atoms with Gasteiger partial charge in [-0.3, -0.25) is 9.59 Å². The van der Waals surface area contributed by atoms with Gasteiger partial charge in [-0.25, -0.2) is 0 Å². The maximum atomic E-state index is 12.3. The molecule has 2 rings (SSSR count). The number of methoxy groups -OCH3 is 1. The molecule has 2 amide bonds. The molecule has 0 aromatic heterocycles. The number of likely N-dealkylation sites (N-methyl/N-ethyl adjacent to an activating group) is 1. The Morgan fingerprint density at radius 2 is 1.67 bits per heavy atom. The predicted octanol–water partition coefficient (Wildman–Crippen LogP) is 3.73. The van der Waals surface area contributed by atoms with Crippen LogP contribution in [0.3, 0.4) is 0 Å². The molecule has 2 aromatic carbocycles. The molecule has 5 nitrogen and oxygen atoms in total. The Labute approximate surface area is 160 Å². The number of ether oxygens (including phenoxy) is 1. The molecule has 0 fully saturated rings. The minimum absolute atomic E-state index is 0.0153. The Morgan fingerprint density at radius 1 is 1.07 bits per heavy atom. The fourth-order valence-electron chi connectivity index (χ4n) is 2.86. The van der Waals surface area contributed by atoms with Gasteiger partial charge in [0.15, 0.2) is 0 Å². The van der Waals surface area contributed by atoms with Gasteiger partial charge in [0.1, 0.15) is 5.75 Å². The van der Waals surface area contributed by atoms with E-state index < -0.39 is 0 Å². The number of amides is 2. The van der Waals surface area contributed by atoms with Gasteiger partial charge in [-0.05, 0) is 55.7 Å². The summed E-state index contributed by atoms with van der Waals surface area (Å²) < 4.78 is 5.11. The zero-order valence-electron chi connectivity index (χ0n) is 16.5. The lowest BCUT2D eigenvalue weighted by atomic mass is 10.1. The Bertz CT molecular complexity index is 831. The van der Waals surface area contributed by atoms with E-state index in [1.54, 1.807) is 20.2 Å². The lowest BCUT2D eigenvalue weighted by molar-refractivity contribution is -0.129. The molecule has 142 valence electrons. The van der Waals surface area contributed by atoms with Crippen molar-refractivity contribution in [3.63, 3.8) is 0 Å².